The fourth-order valence-electron chi connectivity index (χ4n) is 1.84. The van der Waals surface area contributed by atoms with Crippen LogP contribution in [0.4, 0.5) is 0 Å². The Morgan fingerprint density at radius 1 is 1.39 bits per heavy atom. The first-order chi connectivity index (χ1) is 8.29. The molecule has 0 radical (unpaired) electrons. The van der Waals surface area contributed by atoms with Crippen LogP contribution in [0, 0.1) is 0 Å². The summed E-state index contributed by atoms with van der Waals surface area (Å²) < 4.78 is 2.54. The summed E-state index contributed by atoms with van der Waals surface area (Å²) in [5.74, 6) is -0.0898. The normalized spacial score (nSPS) is 11.8. The zero-order valence-electron chi connectivity index (χ0n) is 10.9. The Kier molecular flexibility index (Phi) is 3.19. The second-order valence-corrected chi connectivity index (χ2v) is 6.18. The summed E-state index contributed by atoms with van der Waals surface area (Å²) in [4.78, 5) is 12.3. The first-order valence-electron chi connectivity index (χ1n) is 5.72. The van der Waals surface area contributed by atoms with E-state index in [0.29, 0.717) is 5.56 Å². The minimum atomic E-state index is -0.263. The molecule has 2 aromatic rings. The summed E-state index contributed by atoms with van der Waals surface area (Å²) >= 11 is 3.44. The SMILES string of the molecule is Cn1ncc2c(C(=O)NC(C)(C)C)c(Br)ccc21. The largest absolute Gasteiger partial charge is 0.347 e. The Balaban J connectivity index is 2.56. The van der Waals surface area contributed by atoms with Gasteiger partial charge in [-0.3, -0.25) is 9.48 Å². The number of nitrogens with zero attached hydrogens (tertiary/aromatic N) is 2. The summed E-state index contributed by atoms with van der Waals surface area (Å²) in [5.41, 5.74) is 1.31. The lowest BCUT2D eigenvalue weighted by molar-refractivity contribution is 0.0920. The highest BCUT2D eigenvalue weighted by Gasteiger charge is 2.20. The van der Waals surface area contributed by atoms with Crippen LogP contribution < -0.4 is 5.32 Å². The monoisotopic (exact) mass is 309 g/mol. The van der Waals surface area contributed by atoms with E-state index in [-0.39, 0.29) is 11.4 Å². The van der Waals surface area contributed by atoms with Gasteiger partial charge in [-0.2, -0.15) is 5.10 Å². The fourth-order valence-corrected chi connectivity index (χ4v) is 2.36. The Morgan fingerprint density at radius 3 is 2.67 bits per heavy atom. The summed E-state index contributed by atoms with van der Waals surface area (Å²) in [6.45, 7) is 5.88. The van der Waals surface area contributed by atoms with E-state index in [9.17, 15) is 4.79 Å². The van der Waals surface area contributed by atoms with E-state index in [2.05, 4.69) is 26.3 Å². The lowest BCUT2D eigenvalue weighted by atomic mass is 10.1. The lowest BCUT2D eigenvalue weighted by Crippen LogP contribution is -2.40. The maximum Gasteiger partial charge on any atom is 0.253 e. The number of carbonyl (C=O) groups excluding carboxylic acids is 1. The van der Waals surface area contributed by atoms with E-state index < -0.39 is 0 Å². The number of aryl methyl sites for hydroxylation is 1. The number of aromatic nitrogens is 2. The molecule has 0 fully saturated rings. The lowest BCUT2D eigenvalue weighted by Gasteiger charge is -2.21. The smallest absolute Gasteiger partial charge is 0.253 e. The van der Waals surface area contributed by atoms with Crippen LogP contribution in [0.1, 0.15) is 31.1 Å². The molecule has 5 heteroatoms. The van der Waals surface area contributed by atoms with Gasteiger partial charge in [0.1, 0.15) is 0 Å². The van der Waals surface area contributed by atoms with Gasteiger partial charge in [0, 0.05) is 22.4 Å². The third-order valence-corrected chi connectivity index (χ3v) is 3.26. The first-order valence-corrected chi connectivity index (χ1v) is 6.51. The molecule has 96 valence electrons. The van der Waals surface area contributed by atoms with Crippen molar-refractivity contribution in [3.63, 3.8) is 0 Å². The van der Waals surface area contributed by atoms with Crippen LogP contribution in [0.15, 0.2) is 22.8 Å². The Morgan fingerprint density at radius 2 is 2.06 bits per heavy atom. The van der Waals surface area contributed by atoms with Gasteiger partial charge in [-0.05, 0) is 48.8 Å². The van der Waals surface area contributed by atoms with Crippen LogP contribution in [-0.4, -0.2) is 21.2 Å². The Labute approximate surface area is 114 Å². The number of carbonyl (C=O) groups is 1. The predicted octanol–water partition coefficient (Wildman–Crippen LogP) is 2.86. The van der Waals surface area contributed by atoms with E-state index in [4.69, 9.17) is 0 Å². The van der Waals surface area contributed by atoms with Crippen LogP contribution in [0.2, 0.25) is 0 Å². The molecule has 1 amide bonds. The predicted molar refractivity (Wildman–Crippen MR) is 75.6 cm³/mol. The number of hydrogen-bond donors (Lipinski definition) is 1. The van der Waals surface area contributed by atoms with Crippen molar-refractivity contribution in [1.82, 2.24) is 15.1 Å². The highest BCUT2D eigenvalue weighted by molar-refractivity contribution is 9.10. The standard InChI is InChI=1S/C13H16BrN3O/c1-13(2,3)16-12(18)11-8-7-15-17(4)10(8)6-5-9(11)14/h5-7H,1-4H3,(H,16,18). The number of benzene rings is 1. The average Bonchev–Trinajstić information content (AvgIpc) is 2.57. The minimum Gasteiger partial charge on any atom is -0.347 e. The van der Waals surface area contributed by atoms with Crippen molar-refractivity contribution in [3.8, 4) is 0 Å². The van der Waals surface area contributed by atoms with Crippen molar-refractivity contribution in [2.24, 2.45) is 7.05 Å². The number of hydrogen-bond acceptors (Lipinski definition) is 2. The topological polar surface area (TPSA) is 46.9 Å². The summed E-state index contributed by atoms with van der Waals surface area (Å²) in [5, 5.41) is 8.02. The van der Waals surface area contributed by atoms with Crippen LogP contribution >= 0.6 is 15.9 Å². The second-order valence-electron chi connectivity index (χ2n) is 5.33. The Hall–Kier alpha value is -1.36. The highest BCUT2D eigenvalue weighted by atomic mass is 79.9. The molecule has 0 unspecified atom stereocenters. The molecule has 0 bridgehead atoms. The molecule has 0 aliphatic carbocycles. The van der Waals surface area contributed by atoms with E-state index in [1.807, 2.05) is 40.0 Å². The van der Waals surface area contributed by atoms with E-state index in [1.165, 1.54) is 0 Å². The summed E-state index contributed by atoms with van der Waals surface area (Å²) in [6.07, 6.45) is 1.72. The van der Waals surface area contributed by atoms with Crippen LogP contribution in [-0.2, 0) is 7.05 Å². The molecule has 0 aliphatic heterocycles. The van der Waals surface area contributed by atoms with E-state index >= 15 is 0 Å². The molecule has 1 aromatic carbocycles. The van der Waals surface area contributed by atoms with Gasteiger partial charge in [-0.15, -0.1) is 0 Å². The van der Waals surface area contributed by atoms with E-state index in [1.54, 1.807) is 10.9 Å². The first kappa shape index (κ1) is 13.1. The van der Waals surface area contributed by atoms with Gasteiger partial charge in [-0.25, -0.2) is 0 Å². The maximum atomic E-state index is 12.3. The van der Waals surface area contributed by atoms with Crippen molar-refractivity contribution in [1.29, 1.82) is 0 Å². The molecular weight excluding hydrogens is 294 g/mol. The number of halogens is 1. The van der Waals surface area contributed by atoms with Crippen LogP contribution in [0.5, 0.6) is 0 Å². The zero-order valence-corrected chi connectivity index (χ0v) is 12.5. The van der Waals surface area contributed by atoms with Gasteiger partial charge in [0.25, 0.3) is 5.91 Å². The van der Waals surface area contributed by atoms with Crippen molar-refractivity contribution in [3.05, 3.63) is 28.4 Å². The van der Waals surface area contributed by atoms with Gasteiger partial charge in [0.2, 0.25) is 0 Å². The van der Waals surface area contributed by atoms with Crippen LogP contribution in [0.25, 0.3) is 10.9 Å². The molecule has 1 N–H and O–H groups in total. The van der Waals surface area contributed by atoms with Crippen molar-refractivity contribution < 1.29 is 4.79 Å². The number of amides is 1. The molecule has 0 saturated heterocycles. The maximum absolute atomic E-state index is 12.3. The number of fused-ring (bicyclic) bond motifs is 1. The number of nitrogens with one attached hydrogen (secondary N) is 1. The minimum absolute atomic E-state index is 0.0898. The van der Waals surface area contributed by atoms with Gasteiger partial charge in [0.05, 0.1) is 17.3 Å². The average molecular weight is 310 g/mol. The van der Waals surface area contributed by atoms with E-state index in [0.717, 1.165) is 15.4 Å². The molecule has 4 nitrogen and oxygen atoms in total. The Bertz CT molecular complexity index is 610. The van der Waals surface area contributed by atoms with Crippen molar-refractivity contribution >= 4 is 32.7 Å². The molecule has 1 aromatic heterocycles. The summed E-state index contributed by atoms with van der Waals surface area (Å²) in [7, 11) is 1.86. The molecule has 0 aliphatic rings. The zero-order chi connectivity index (χ0) is 13.5. The molecule has 0 saturated carbocycles. The van der Waals surface area contributed by atoms with Gasteiger partial charge < -0.3 is 5.32 Å². The molecule has 1 heterocycles. The third kappa shape index (κ3) is 2.41. The molecule has 0 atom stereocenters. The third-order valence-electron chi connectivity index (χ3n) is 2.60. The van der Waals surface area contributed by atoms with Crippen molar-refractivity contribution in [2.45, 2.75) is 26.3 Å². The summed E-state index contributed by atoms with van der Waals surface area (Å²) in [6, 6.07) is 3.82. The molecule has 18 heavy (non-hydrogen) atoms. The van der Waals surface area contributed by atoms with Gasteiger partial charge in [0.15, 0.2) is 0 Å². The highest BCUT2D eigenvalue weighted by Crippen LogP contribution is 2.26. The number of rotatable bonds is 1. The fraction of sp³-hybridized carbons (Fsp3) is 0.385. The quantitative estimate of drug-likeness (QED) is 0.880. The second kappa shape index (κ2) is 4.39. The van der Waals surface area contributed by atoms with Gasteiger partial charge >= 0.3 is 0 Å². The molecule has 2 rings (SSSR count). The molecule has 0 spiro atoms. The van der Waals surface area contributed by atoms with Crippen molar-refractivity contribution in [2.75, 3.05) is 0 Å². The molecular formula is C13H16BrN3O. The van der Waals surface area contributed by atoms with Crippen LogP contribution in [0.3, 0.4) is 0 Å². The van der Waals surface area contributed by atoms with Gasteiger partial charge in [-0.1, -0.05) is 0 Å².